The van der Waals surface area contributed by atoms with Crippen LogP contribution in [0.3, 0.4) is 0 Å². The topological polar surface area (TPSA) is 83.9 Å². The smallest absolute Gasteiger partial charge is 0.318 e. The molecule has 8 heteroatoms. The number of carbonyl (C=O) groups is 1. The fourth-order valence-corrected chi connectivity index (χ4v) is 3.64. The summed E-state index contributed by atoms with van der Waals surface area (Å²) in [4.78, 5) is 10.8. The molecule has 1 N–H and O–H groups in total. The van der Waals surface area contributed by atoms with Gasteiger partial charge in [0.1, 0.15) is 17.2 Å². The average Bonchev–Trinajstić information content (AvgIpc) is 2.37. The van der Waals surface area contributed by atoms with Gasteiger partial charge in [-0.1, -0.05) is 22.9 Å². The number of hydrogen-bond donors (Lipinski definition) is 1. The van der Waals surface area contributed by atoms with E-state index in [1.807, 2.05) is 0 Å². The van der Waals surface area contributed by atoms with Crippen molar-refractivity contribution in [3.63, 3.8) is 0 Å². The minimum absolute atomic E-state index is 0.0436. The lowest BCUT2D eigenvalue weighted by atomic mass is 10.3. The van der Waals surface area contributed by atoms with E-state index in [1.54, 1.807) is 13.0 Å². The van der Waals surface area contributed by atoms with Gasteiger partial charge in [0.15, 0.2) is 0 Å². The van der Waals surface area contributed by atoms with Crippen LogP contribution < -0.4 is 4.74 Å². The largest absolute Gasteiger partial charge is 0.495 e. The molecule has 0 heterocycles. The third-order valence-corrected chi connectivity index (χ3v) is 4.91. The highest BCUT2D eigenvalue weighted by atomic mass is 79.9. The Kier molecular flexibility index (Phi) is 5.97. The van der Waals surface area contributed by atoms with Crippen LogP contribution in [0.25, 0.3) is 0 Å². The number of hydrogen-bond acceptors (Lipinski definition) is 4. The summed E-state index contributed by atoms with van der Waals surface area (Å²) in [6.07, 6.45) is 0.519. The number of ether oxygens (including phenoxy) is 1. The molecule has 0 saturated carbocycles. The van der Waals surface area contributed by atoms with E-state index in [4.69, 9.17) is 9.84 Å². The molecule has 0 bridgehead atoms. The lowest BCUT2D eigenvalue weighted by molar-refractivity contribution is -0.137. The van der Waals surface area contributed by atoms with Crippen LogP contribution in [0.4, 0.5) is 0 Å². The third kappa shape index (κ3) is 3.94. The molecule has 0 aliphatic heterocycles. The Bertz CT molecular complexity index is 588. The van der Waals surface area contributed by atoms with Crippen LogP contribution in [0.5, 0.6) is 5.75 Å². The SMILES string of the molecule is CCCN(CC(=O)O)S(=O)(=O)c1ccc(Br)cc1OC. The van der Waals surface area contributed by atoms with Gasteiger partial charge in [-0.3, -0.25) is 4.79 Å². The summed E-state index contributed by atoms with van der Waals surface area (Å²) >= 11 is 3.23. The Morgan fingerprint density at radius 2 is 2.10 bits per heavy atom. The molecule has 0 fully saturated rings. The molecule has 0 unspecified atom stereocenters. The highest BCUT2D eigenvalue weighted by Crippen LogP contribution is 2.29. The van der Waals surface area contributed by atoms with E-state index in [2.05, 4.69) is 15.9 Å². The number of rotatable bonds is 7. The fraction of sp³-hybridized carbons (Fsp3) is 0.417. The maximum atomic E-state index is 12.5. The van der Waals surface area contributed by atoms with Crippen LogP contribution in [-0.2, 0) is 14.8 Å². The van der Waals surface area contributed by atoms with Gasteiger partial charge in [-0.25, -0.2) is 8.42 Å². The molecule has 0 aromatic heterocycles. The van der Waals surface area contributed by atoms with Gasteiger partial charge >= 0.3 is 5.97 Å². The first-order chi connectivity index (χ1) is 9.32. The first kappa shape index (κ1) is 16.9. The van der Waals surface area contributed by atoms with Crippen molar-refractivity contribution in [1.29, 1.82) is 0 Å². The second-order valence-electron chi connectivity index (χ2n) is 4.03. The second kappa shape index (κ2) is 7.05. The predicted octanol–water partition coefficient (Wildman–Crippen LogP) is 1.94. The molecule has 1 aromatic carbocycles. The Morgan fingerprint density at radius 1 is 1.45 bits per heavy atom. The summed E-state index contributed by atoms with van der Waals surface area (Å²) < 4.78 is 31.7. The van der Waals surface area contributed by atoms with Crippen LogP contribution in [0.15, 0.2) is 27.6 Å². The van der Waals surface area contributed by atoms with Crippen molar-refractivity contribution in [3.8, 4) is 5.75 Å². The first-order valence-corrected chi connectivity index (χ1v) is 8.11. The van der Waals surface area contributed by atoms with E-state index in [9.17, 15) is 13.2 Å². The summed E-state index contributed by atoms with van der Waals surface area (Å²) in [5.74, 6) is -1.02. The molecular formula is C12H16BrNO5S. The van der Waals surface area contributed by atoms with E-state index in [-0.39, 0.29) is 17.2 Å². The highest BCUT2D eigenvalue weighted by molar-refractivity contribution is 9.10. The number of halogens is 1. The van der Waals surface area contributed by atoms with Crippen molar-refractivity contribution < 1.29 is 23.1 Å². The van der Waals surface area contributed by atoms with Gasteiger partial charge in [0.25, 0.3) is 0 Å². The van der Waals surface area contributed by atoms with Gasteiger partial charge in [0.2, 0.25) is 10.0 Å². The summed E-state index contributed by atoms with van der Waals surface area (Å²) in [5, 5.41) is 8.85. The monoisotopic (exact) mass is 365 g/mol. The van der Waals surface area contributed by atoms with E-state index in [0.29, 0.717) is 10.9 Å². The third-order valence-electron chi connectivity index (χ3n) is 2.53. The minimum Gasteiger partial charge on any atom is -0.495 e. The summed E-state index contributed by atoms with van der Waals surface area (Å²) in [5.41, 5.74) is 0. The number of aliphatic carboxylic acids is 1. The normalized spacial score (nSPS) is 11.6. The molecule has 6 nitrogen and oxygen atoms in total. The van der Waals surface area contributed by atoms with Crippen LogP contribution in [0.1, 0.15) is 13.3 Å². The zero-order valence-electron chi connectivity index (χ0n) is 11.2. The molecule has 1 rings (SSSR count). The van der Waals surface area contributed by atoms with Crippen LogP contribution in [0.2, 0.25) is 0 Å². The number of carboxylic acids is 1. The van der Waals surface area contributed by atoms with Gasteiger partial charge in [-0.05, 0) is 24.6 Å². The Morgan fingerprint density at radius 3 is 2.60 bits per heavy atom. The number of nitrogens with zero attached hydrogens (tertiary/aromatic N) is 1. The lowest BCUT2D eigenvalue weighted by Gasteiger charge is -2.21. The molecule has 112 valence electrons. The van der Waals surface area contributed by atoms with Crippen molar-refractivity contribution in [2.45, 2.75) is 18.2 Å². The highest BCUT2D eigenvalue weighted by Gasteiger charge is 2.28. The molecule has 20 heavy (non-hydrogen) atoms. The van der Waals surface area contributed by atoms with E-state index in [1.165, 1.54) is 19.2 Å². The predicted molar refractivity (Wildman–Crippen MR) is 77.4 cm³/mol. The number of methoxy groups -OCH3 is 1. The fourth-order valence-electron chi connectivity index (χ4n) is 1.68. The quantitative estimate of drug-likeness (QED) is 0.797. The van der Waals surface area contributed by atoms with Gasteiger partial charge in [0, 0.05) is 11.0 Å². The standard InChI is InChI=1S/C12H16BrNO5S/c1-3-6-14(8-12(15)16)20(17,18)11-5-4-9(13)7-10(11)19-2/h4-5,7H,3,6,8H2,1-2H3,(H,15,16). The Balaban J connectivity index is 3.28. The maximum absolute atomic E-state index is 12.5. The zero-order chi connectivity index (χ0) is 15.3. The molecule has 1 aromatic rings. The van der Waals surface area contributed by atoms with E-state index >= 15 is 0 Å². The van der Waals surface area contributed by atoms with Crippen LogP contribution in [0, 0.1) is 0 Å². The average molecular weight is 366 g/mol. The van der Waals surface area contributed by atoms with Crippen molar-refractivity contribution in [2.24, 2.45) is 0 Å². The minimum atomic E-state index is -3.91. The zero-order valence-corrected chi connectivity index (χ0v) is 13.6. The van der Waals surface area contributed by atoms with Gasteiger partial charge in [-0.2, -0.15) is 4.31 Å². The summed E-state index contributed by atoms with van der Waals surface area (Å²) in [6.45, 7) is 1.34. The van der Waals surface area contributed by atoms with E-state index < -0.39 is 22.5 Å². The Labute approximate surface area is 126 Å². The van der Waals surface area contributed by atoms with Crippen molar-refractivity contribution in [3.05, 3.63) is 22.7 Å². The summed E-state index contributed by atoms with van der Waals surface area (Å²) in [6, 6.07) is 4.49. The molecule has 0 aliphatic rings. The molecule has 0 atom stereocenters. The van der Waals surface area contributed by atoms with Gasteiger partial charge in [0.05, 0.1) is 7.11 Å². The van der Waals surface area contributed by atoms with Crippen molar-refractivity contribution in [2.75, 3.05) is 20.2 Å². The molecular weight excluding hydrogens is 350 g/mol. The maximum Gasteiger partial charge on any atom is 0.318 e. The molecule has 0 spiro atoms. The van der Waals surface area contributed by atoms with Crippen LogP contribution in [-0.4, -0.2) is 44.0 Å². The van der Waals surface area contributed by atoms with Crippen molar-refractivity contribution >= 4 is 31.9 Å². The Hall–Kier alpha value is -1.12. The van der Waals surface area contributed by atoms with Crippen LogP contribution >= 0.6 is 15.9 Å². The molecule has 0 saturated heterocycles. The van der Waals surface area contributed by atoms with Crippen molar-refractivity contribution in [1.82, 2.24) is 4.31 Å². The lowest BCUT2D eigenvalue weighted by Crippen LogP contribution is -2.36. The number of benzene rings is 1. The van der Waals surface area contributed by atoms with E-state index in [0.717, 1.165) is 4.31 Å². The van der Waals surface area contributed by atoms with Gasteiger partial charge in [-0.15, -0.1) is 0 Å². The summed E-state index contributed by atoms with van der Waals surface area (Å²) in [7, 11) is -2.55. The molecule has 0 radical (unpaired) electrons. The molecule has 0 amide bonds. The molecule has 0 aliphatic carbocycles. The number of sulfonamides is 1. The first-order valence-electron chi connectivity index (χ1n) is 5.88. The number of carboxylic acid groups (broad SMARTS) is 1. The second-order valence-corrected chi connectivity index (χ2v) is 6.85. The van der Waals surface area contributed by atoms with Gasteiger partial charge < -0.3 is 9.84 Å².